The first kappa shape index (κ1) is 18.1. The summed E-state index contributed by atoms with van der Waals surface area (Å²) in [5, 5.41) is 0. The van der Waals surface area contributed by atoms with Crippen molar-refractivity contribution in [2.75, 3.05) is 63.2 Å². The highest BCUT2D eigenvalue weighted by molar-refractivity contribution is 5.59. The standard InChI is InChI=1S/C21H26N4O/c1-22-18-7-6-8-19(17-18)23(2)11-12-24-13-15-25(16-14-24)20-9-4-5-10-21(20)26-3/h4-10,17H,11-16H2,2-3H3. The highest BCUT2D eigenvalue weighted by Crippen LogP contribution is 2.28. The first-order chi connectivity index (χ1) is 12.7. The highest BCUT2D eigenvalue weighted by atomic mass is 16.5. The van der Waals surface area contributed by atoms with Crippen molar-refractivity contribution in [2.24, 2.45) is 0 Å². The number of likely N-dealkylation sites (N-methyl/N-ethyl adjacent to an activating group) is 1. The van der Waals surface area contributed by atoms with Crippen LogP contribution in [0.3, 0.4) is 0 Å². The van der Waals surface area contributed by atoms with Gasteiger partial charge in [0.1, 0.15) is 5.75 Å². The summed E-state index contributed by atoms with van der Waals surface area (Å²) < 4.78 is 5.49. The fraction of sp³-hybridized carbons (Fsp3) is 0.381. The van der Waals surface area contributed by atoms with E-state index in [-0.39, 0.29) is 0 Å². The topological polar surface area (TPSA) is 23.3 Å². The second kappa shape index (κ2) is 8.59. The number of benzene rings is 2. The second-order valence-electron chi connectivity index (χ2n) is 6.55. The van der Waals surface area contributed by atoms with Gasteiger partial charge in [0.15, 0.2) is 5.69 Å². The summed E-state index contributed by atoms with van der Waals surface area (Å²) in [6.45, 7) is 13.2. The van der Waals surface area contributed by atoms with Crippen LogP contribution < -0.4 is 14.5 Å². The average Bonchev–Trinajstić information content (AvgIpc) is 2.72. The third kappa shape index (κ3) is 4.27. The Hall–Kier alpha value is -2.71. The van der Waals surface area contributed by atoms with Crippen molar-refractivity contribution in [2.45, 2.75) is 0 Å². The number of hydrogen-bond acceptors (Lipinski definition) is 4. The zero-order valence-electron chi connectivity index (χ0n) is 15.6. The molecule has 0 amide bonds. The molecule has 0 unspecified atom stereocenters. The molecule has 2 aromatic rings. The van der Waals surface area contributed by atoms with Gasteiger partial charge in [-0.05, 0) is 24.3 Å². The van der Waals surface area contributed by atoms with E-state index in [1.807, 2.05) is 30.3 Å². The summed E-state index contributed by atoms with van der Waals surface area (Å²) in [5.74, 6) is 0.945. The molecule has 0 aromatic heterocycles. The van der Waals surface area contributed by atoms with E-state index in [1.165, 1.54) is 5.69 Å². The van der Waals surface area contributed by atoms with Gasteiger partial charge in [0.05, 0.1) is 19.4 Å². The summed E-state index contributed by atoms with van der Waals surface area (Å²) >= 11 is 0. The van der Waals surface area contributed by atoms with E-state index in [9.17, 15) is 0 Å². The molecule has 5 nitrogen and oxygen atoms in total. The highest BCUT2D eigenvalue weighted by Gasteiger charge is 2.19. The van der Waals surface area contributed by atoms with E-state index in [0.29, 0.717) is 5.69 Å². The minimum absolute atomic E-state index is 0.694. The molecule has 1 fully saturated rings. The normalized spacial score (nSPS) is 14.7. The van der Waals surface area contributed by atoms with Gasteiger partial charge in [-0.2, -0.15) is 0 Å². The molecule has 26 heavy (non-hydrogen) atoms. The minimum Gasteiger partial charge on any atom is -0.495 e. The smallest absolute Gasteiger partial charge is 0.189 e. The maximum Gasteiger partial charge on any atom is 0.189 e. The van der Waals surface area contributed by atoms with Gasteiger partial charge in [-0.25, -0.2) is 4.85 Å². The third-order valence-corrected chi connectivity index (χ3v) is 4.95. The van der Waals surface area contributed by atoms with Crippen LogP contribution in [0.15, 0.2) is 48.5 Å². The molecule has 1 saturated heterocycles. The first-order valence-corrected chi connectivity index (χ1v) is 9.00. The van der Waals surface area contributed by atoms with Crippen LogP contribution in [0.1, 0.15) is 0 Å². The molecule has 0 atom stereocenters. The number of rotatable bonds is 6. The Morgan fingerprint density at radius 1 is 1.08 bits per heavy atom. The van der Waals surface area contributed by atoms with Crippen LogP contribution in [0.4, 0.5) is 17.1 Å². The van der Waals surface area contributed by atoms with Crippen molar-refractivity contribution < 1.29 is 4.74 Å². The molecular formula is C21H26N4O. The zero-order valence-corrected chi connectivity index (χ0v) is 15.6. The van der Waals surface area contributed by atoms with Gasteiger partial charge in [-0.15, -0.1) is 0 Å². The van der Waals surface area contributed by atoms with Crippen LogP contribution in [-0.4, -0.2) is 58.3 Å². The minimum atomic E-state index is 0.694. The lowest BCUT2D eigenvalue weighted by Gasteiger charge is -2.37. The van der Waals surface area contributed by atoms with E-state index >= 15 is 0 Å². The van der Waals surface area contributed by atoms with E-state index in [1.54, 1.807) is 7.11 Å². The Balaban J connectivity index is 1.50. The molecule has 0 aliphatic carbocycles. The fourth-order valence-electron chi connectivity index (χ4n) is 3.32. The molecule has 1 aliphatic heterocycles. The Bertz CT molecular complexity index is 763. The molecule has 0 bridgehead atoms. The van der Waals surface area contributed by atoms with Crippen molar-refractivity contribution in [3.63, 3.8) is 0 Å². The van der Waals surface area contributed by atoms with Gasteiger partial charge in [-0.3, -0.25) is 4.90 Å². The number of methoxy groups -OCH3 is 1. The first-order valence-electron chi connectivity index (χ1n) is 9.00. The zero-order chi connectivity index (χ0) is 18.4. The number of ether oxygens (including phenoxy) is 1. The molecule has 1 aliphatic rings. The van der Waals surface area contributed by atoms with Crippen LogP contribution in [0.2, 0.25) is 0 Å². The van der Waals surface area contributed by atoms with Crippen molar-refractivity contribution in [1.29, 1.82) is 0 Å². The molecule has 0 N–H and O–H groups in total. The number of anilines is 2. The van der Waals surface area contributed by atoms with Crippen LogP contribution in [0.5, 0.6) is 5.75 Å². The SMILES string of the molecule is [C-]#[N+]c1cccc(N(C)CCN2CCN(c3ccccc3OC)CC2)c1. The summed E-state index contributed by atoms with van der Waals surface area (Å²) in [7, 11) is 3.82. The van der Waals surface area contributed by atoms with Crippen molar-refractivity contribution in [1.82, 2.24) is 4.90 Å². The van der Waals surface area contributed by atoms with Gasteiger partial charge >= 0.3 is 0 Å². The van der Waals surface area contributed by atoms with Gasteiger partial charge < -0.3 is 14.5 Å². The third-order valence-electron chi connectivity index (χ3n) is 4.95. The lowest BCUT2D eigenvalue weighted by atomic mass is 10.2. The maximum atomic E-state index is 7.15. The van der Waals surface area contributed by atoms with E-state index < -0.39 is 0 Å². The van der Waals surface area contributed by atoms with Gasteiger partial charge in [0, 0.05) is 52.0 Å². The monoisotopic (exact) mass is 350 g/mol. The average molecular weight is 350 g/mol. The predicted molar refractivity (Wildman–Crippen MR) is 108 cm³/mol. The summed E-state index contributed by atoms with van der Waals surface area (Å²) in [4.78, 5) is 10.6. The number of para-hydroxylation sites is 2. The van der Waals surface area contributed by atoms with E-state index in [2.05, 4.69) is 44.8 Å². The van der Waals surface area contributed by atoms with Crippen molar-refractivity contribution >= 4 is 17.1 Å². The van der Waals surface area contributed by atoms with Crippen molar-refractivity contribution in [3.05, 3.63) is 59.9 Å². The van der Waals surface area contributed by atoms with Gasteiger partial charge in [0.2, 0.25) is 0 Å². The summed E-state index contributed by atoms with van der Waals surface area (Å²) in [5.41, 5.74) is 2.98. The molecule has 0 saturated carbocycles. The maximum absolute atomic E-state index is 7.15. The largest absolute Gasteiger partial charge is 0.495 e. The van der Waals surface area contributed by atoms with Gasteiger partial charge in [-0.1, -0.05) is 24.3 Å². The van der Waals surface area contributed by atoms with Gasteiger partial charge in [0.25, 0.3) is 0 Å². The summed E-state index contributed by atoms with van der Waals surface area (Å²) in [6, 6.07) is 16.0. The molecule has 0 spiro atoms. The van der Waals surface area contributed by atoms with Crippen LogP contribution in [0, 0.1) is 6.57 Å². The Kier molecular flexibility index (Phi) is 5.98. The Morgan fingerprint density at radius 3 is 2.58 bits per heavy atom. The predicted octanol–water partition coefficient (Wildman–Crippen LogP) is 3.50. The van der Waals surface area contributed by atoms with Crippen LogP contribution >= 0.6 is 0 Å². The second-order valence-corrected chi connectivity index (χ2v) is 6.55. The molecule has 2 aromatic carbocycles. The fourth-order valence-corrected chi connectivity index (χ4v) is 3.32. The lowest BCUT2D eigenvalue weighted by molar-refractivity contribution is 0.263. The van der Waals surface area contributed by atoms with Crippen molar-refractivity contribution in [3.8, 4) is 5.75 Å². The Morgan fingerprint density at radius 2 is 1.85 bits per heavy atom. The molecular weight excluding hydrogens is 324 g/mol. The molecule has 0 radical (unpaired) electrons. The quantitative estimate of drug-likeness (QED) is 0.744. The molecule has 5 heteroatoms. The lowest BCUT2D eigenvalue weighted by Crippen LogP contribution is -2.48. The Labute approximate surface area is 156 Å². The summed E-state index contributed by atoms with van der Waals surface area (Å²) in [6.07, 6.45) is 0. The molecule has 3 rings (SSSR count). The number of hydrogen-bond donors (Lipinski definition) is 0. The number of piperazine rings is 1. The van der Waals surface area contributed by atoms with E-state index in [4.69, 9.17) is 11.3 Å². The van der Waals surface area contributed by atoms with E-state index in [0.717, 1.165) is 50.7 Å². The van der Waals surface area contributed by atoms with Crippen LogP contribution in [0.25, 0.3) is 4.85 Å². The van der Waals surface area contributed by atoms with Crippen LogP contribution in [-0.2, 0) is 0 Å². The number of nitrogens with zero attached hydrogens (tertiary/aromatic N) is 4. The molecule has 136 valence electrons. The molecule has 1 heterocycles.